The normalized spacial score (nSPS) is 14.6. The zero-order chi connectivity index (χ0) is 26.2. The first-order valence-corrected chi connectivity index (χ1v) is 12.7. The Morgan fingerprint density at radius 1 is 0.526 bits per heavy atom. The van der Waals surface area contributed by atoms with E-state index < -0.39 is 0 Å². The third-order valence-corrected chi connectivity index (χ3v) is 6.03. The lowest BCUT2D eigenvalue weighted by Crippen LogP contribution is -2.30. The van der Waals surface area contributed by atoms with Gasteiger partial charge in [-0.3, -0.25) is 9.98 Å². The topological polar surface area (TPSA) is 131 Å². The highest BCUT2D eigenvalue weighted by molar-refractivity contribution is 6.03. The highest BCUT2D eigenvalue weighted by Gasteiger charge is 2.10. The lowest BCUT2D eigenvalue weighted by atomic mass is 10.1. The van der Waals surface area contributed by atoms with Gasteiger partial charge in [-0.2, -0.15) is 0 Å². The maximum Gasteiger partial charge on any atom is 0.323 e. The molecule has 0 saturated heterocycles. The summed E-state index contributed by atoms with van der Waals surface area (Å²) in [6.45, 7) is 3.49. The number of anilines is 4. The third-order valence-electron chi connectivity index (χ3n) is 6.03. The summed E-state index contributed by atoms with van der Waals surface area (Å²) in [5.74, 6) is 1.77. The van der Waals surface area contributed by atoms with E-state index in [9.17, 15) is 9.59 Å². The van der Waals surface area contributed by atoms with Crippen LogP contribution in [-0.2, 0) is 0 Å². The van der Waals surface area contributed by atoms with Crippen LogP contribution in [0.4, 0.5) is 32.3 Å². The molecule has 5 rings (SSSR count). The van der Waals surface area contributed by atoms with Crippen molar-refractivity contribution in [1.29, 1.82) is 0 Å². The monoisotopic (exact) mass is 510 g/mol. The summed E-state index contributed by atoms with van der Waals surface area (Å²) in [4.78, 5) is 33.8. The summed E-state index contributed by atoms with van der Waals surface area (Å²) in [6.07, 6.45) is 2.08. The minimum Gasteiger partial charge on any atom is -0.370 e. The van der Waals surface area contributed by atoms with Gasteiger partial charge in [-0.1, -0.05) is 0 Å². The molecule has 0 unspecified atom stereocenters. The molecule has 0 atom stereocenters. The van der Waals surface area contributed by atoms with Crippen LogP contribution in [0.25, 0.3) is 0 Å². The molecule has 0 aliphatic carbocycles. The van der Waals surface area contributed by atoms with E-state index in [1.807, 2.05) is 48.5 Å². The molecule has 194 valence electrons. The van der Waals surface area contributed by atoms with E-state index in [1.165, 1.54) is 0 Å². The lowest BCUT2D eigenvalue weighted by Gasteiger charge is -2.15. The molecule has 38 heavy (non-hydrogen) atoms. The Hall–Kier alpha value is -4.86. The molecule has 10 heteroatoms. The molecular formula is C28H30N8O2. The fourth-order valence-electron chi connectivity index (χ4n) is 4.10. The van der Waals surface area contributed by atoms with Crippen molar-refractivity contribution in [3.63, 3.8) is 0 Å². The summed E-state index contributed by atoms with van der Waals surface area (Å²) in [7, 11) is 0. The summed E-state index contributed by atoms with van der Waals surface area (Å²) >= 11 is 0. The number of hydrogen-bond donors (Lipinski definition) is 6. The number of amidine groups is 2. The van der Waals surface area contributed by atoms with E-state index >= 15 is 0 Å². The van der Waals surface area contributed by atoms with Gasteiger partial charge in [0.2, 0.25) is 0 Å². The van der Waals surface area contributed by atoms with E-state index in [0.717, 1.165) is 61.8 Å². The molecule has 0 saturated carbocycles. The zero-order valence-electron chi connectivity index (χ0n) is 20.9. The third kappa shape index (κ3) is 6.67. The standard InChI is InChI=1S/C28H30N8O2/c37-27(33-21-7-3-19(4-8-21)25-29-15-1-16-30-25)35-23-11-13-24(14-12-23)36-28(38)34-22-9-5-20(6-10-22)26-31-17-2-18-32-26/h3-14H,1-2,15-18H2,(H,29,30)(H,31,32)(H2,33,35,37)(H2,34,36,38). The van der Waals surface area contributed by atoms with Gasteiger partial charge in [0.25, 0.3) is 0 Å². The number of carbonyl (C=O) groups excluding carboxylic acids is 2. The van der Waals surface area contributed by atoms with Gasteiger partial charge in [0.15, 0.2) is 0 Å². The van der Waals surface area contributed by atoms with Crippen molar-refractivity contribution in [2.75, 3.05) is 47.4 Å². The van der Waals surface area contributed by atoms with E-state index in [0.29, 0.717) is 22.7 Å². The largest absolute Gasteiger partial charge is 0.370 e. The Morgan fingerprint density at radius 2 is 0.842 bits per heavy atom. The number of aliphatic imine (C=N–C) groups is 2. The molecule has 0 bridgehead atoms. The van der Waals surface area contributed by atoms with Crippen LogP contribution < -0.4 is 31.9 Å². The van der Waals surface area contributed by atoms with Gasteiger partial charge in [0.1, 0.15) is 11.7 Å². The Balaban J connectivity index is 1.09. The van der Waals surface area contributed by atoms with Crippen molar-refractivity contribution in [2.45, 2.75) is 12.8 Å². The molecule has 0 aromatic heterocycles. The average Bonchev–Trinajstić information content (AvgIpc) is 2.96. The van der Waals surface area contributed by atoms with Crippen LogP contribution >= 0.6 is 0 Å². The van der Waals surface area contributed by atoms with Crippen molar-refractivity contribution in [1.82, 2.24) is 10.6 Å². The van der Waals surface area contributed by atoms with Crippen LogP contribution in [0, 0.1) is 0 Å². The number of urea groups is 2. The van der Waals surface area contributed by atoms with Crippen LogP contribution in [0.15, 0.2) is 82.8 Å². The molecule has 0 spiro atoms. The zero-order valence-corrected chi connectivity index (χ0v) is 20.9. The number of nitrogens with one attached hydrogen (secondary N) is 6. The quantitative estimate of drug-likeness (QED) is 0.292. The number of carbonyl (C=O) groups is 2. The van der Waals surface area contributed by atoms with Crippen molar-refractivity contribution in [3.8, 4) is 0 Å². The molecule has 6 N–H and O–H groups in total. The van der Waals surface area contributed by atoms with E-state index in [-0.39, 0.29) is 12.1 Å². The first kappa shape index (κ1) is 24.8. The Bertz CT molecular complexity index is 1230. The second kappa shape index (κ2) is 11.9. The van der Waals surface area contributed by atoms with Crippen LogP contribution in [0.3, 0.4) is 0 Å². The molecule has 0 radical (unpaired) electrons. The van der Waals surface area contributed by atoms with Gasteiger partial charge in [-0.05, 0) is 85.6 Å². The van der Waals surface area contributed by atoms with Gasteiger partial charge in [-0.25, -0.2) is 9.59 Å². The van der Waals surface area contributed by atoms with Crippen LogP contribution in [0.1, 0.15) is 24.0 Å². The Labute approximate surface area is 221 Å². The second-order valence-corrected chi connectivity index (χ2v) is 8.91. The summed E-state index contributed by atoms with van der Waals surface area (Å²) < 4.78 is 0. The number of rotatable bonds is 6. The predicted octanol–water partition coefficient (Wildman–Crippen LogP) is 4.45. The number of amides is 4. The minimum absolute atomic E-state index is 0.359. The fraction of sp³-hybridized carbons (Fsp3) is 0.214. The van der Waals surface area contributed by atoms with E-state index in [1.54, 1.807) is 24.3 Å². The highest BCUT2D eigenvalue weighted by Crippen LogP contribution is 2.17. The maximum atomic E-state index is 12.4. The molecule has 10 nitrogen and oxygen atoms in total. The highest BCUT2D eigenvalue weighted by atomic mass is 16.2. The molecule has 3 aromatic rings. The fourth-order valence-corrected chi connectivity index (χ4v) is 4.10. The van der Waals surface area contributed by atoms with Crippen molar-refractivity contribution < 1.29 is 9.59 Å². The first-order valence-electron chi connectivity index (χ1n) is 12.7. The van der Waals surface area contributed by atoms with Crippen LogP contribution in [0.2, 0.25) is 0 Å². The van der Waals surface area contributed by atoms with Crippen molar-refractivity contribution in [2.24, 2.45) is 9.98 Å². The van der Waals surface area contributed by atoms with Gasteiger partial charge in [0.05, 0.1) is 0 Å². The average molecular weight is 511 g/mol. The molecule has 2 aliphatic heterocycles. The number of benzene rings is 3. The smallest absolute Gasteiger partial charge is 0.323 e. The molecule has 4 amide bonds. The van der Waals surface area contributed by atoms with Gasteiger partial charge in [0, 0.05) is 60.1 Å². The van der Waals surface area contributed by atoms with Gasteiger partial charge in [-0.15, -0.1) is 0 Å². The summed E-state index contributed by atoms with van der Waals surface area (Å²) in [5, 5.41) is 17.8. The maximum absolute atomic E-state index is 12.4. The van der Waals surface area contributed by atoms with E-state index in [4.69, 9.17) is 0 Å². The molecule has 0 fully saturated rings. The molecule has 2 heterocycles. The predicted molar refractivity (Wildman–Crippen MR) is 153 cm³/mol. The molecular weight excluding hydrogens is 480 g/mol. The Kier molecular flexibility index (Phi) is 7.78. The van der Waals surface area contributed by atoms with E-state index in [2.05, 4.69) is 41.9 Å². The first-order chi connectivity index (χ1) is 18.6. The van der Waals surface area contributed by atoms with Gasteiger partial charge >= 0.3 is 12.1 Å². The molecule has 2 aliphatic rings. The summed E-state index contributed by atoms with van der Waals surface area (Å²) in [5.41, 5.74) is 4.53. The molecule has 3 aromatic carbocycles. The SMILES string of the molecule is O=C(Nc1ccc(NC(=O)Nc2ccc(C3=NCCCN3)cc2)cc1)Nc1ccc(C2=NCCCN2)cc1. The number of nitrogens with zero attached hydrogens (tertiary/aromatic N) is 2. The van der Waals surface area contributed by atoms with Crippen molar-refractivity contribution in [3.05, 3.63) is 83.9 Å². The lowest BCUT2D eigenvalue weighted by molar-refractivity contribution is 0.261. The van der Waals surface area contributed by atoms with Crippen molar-refractivity contribution >= 4 is 46.5 Å². The minimum atomic E-state index is -0.359. The Morgan fingerprint density at radius 3 is 1.13 bits per heavy atom. The van der Waals surface area contributed by atoms with Gasteiger partial charge < -0.3 is 31.9 Å². The number of hydrogen-bond acceptors (Lipinski definition) is 6. The summed E-state index contributed by atoms with van der Waals surface area (Å²) in [6, 6.07) is 21.2. The van der Waals surface area contributed by atoms with Crippen LogP contribution in [-0.4, -0.2) is 49.9 Å². The van der Waals surface area contributed by atoms with Crippen LogP contribution in [0.5, 0.6) is 0 Å². The second-order valence-electron chi connectivity index (χ2n) is 8.91.